The highest BCUT2D eigenvalue weighted by molar-refractivity contribution is 9.10. The summed E-state index contributed by atoms with van der Waals surface area (Å²) in [5.41, 5.74) is 0. The molecule has 0 bridgehead atoms. The molecule has 0 fully saturated rings. The molecule has 1 aromatic heterocycles. The minimum absolute atomic E-state index is 0.00949. The Kier molecular flexibility index (Phi) is 4.89. The third-order valence-electron chi connectivity index (χ3n) is 2.19. The maximum Gasteiger partial charge on any atom is 0.186 e. The Morgan fingerprint density at radius 3 is 2.67 bits per heavy atom. The lowest BCUT2D eigenvalue weighted by molar-refractivity contribution is 0.102. The first kappa shape index (κ1) is 14.1. The van der Waals surface area contributed by atoms with Crippen LogP contribution in [0.3, 0.4) is 0 Å². The molecule has 1 heterocycles. The van der Waals surface area contributed by atoms with Gasteiger partial charge in [0.25, 0.3) is 0 Å². The number of carbonyl (C=O) groups excluding carboxylic acids is 1. The van der Waals surface area contributed by atoms with Gasteiger partial charge in [0.1, 0.15) is 0 Å². The average Bonchev–Trinajstić information content (AvgIpc) is 2.75. The van der Waals surface area contributed by atoms with Crippen molar-refractivity contribution in [2.24, 2.45) is 0 Å². The fraction of sp³-hybridized carbons (Fsp3) is 0.0833. The van der Waals surface area contributed by atoms with E-state index in [1.165, 1.54) is 11.3 Å². The van der Waals surface area contributed by atoms with Gasteiger partial charge in [0.05, 0.1) is 21.4 Å². The Morgan fingerprint density at radius 1 is 1.28 bits per heavy atom. The number of thiophene rings is 1. The van der Waals surface area contributed by atoms with Crippen molar-refractivity contribution < 1.29 is 9.00 Å². The summed E-state index contributed by atoms with van der Waals surface area (Å²) in [5.74, 6) is -0.0922. The summed E-state index contributed by atoms with van der Waals surface area (Å²) in [7, 11) is -1.31. The lowest BCUT2D eigenvalue weighted by Gasteiger charge is -2.02. The lowest BCUT2D eigenvalue weighted by Crippen LogP contribution is -2.10. The van der Waals surface area contributed by atoms with Gasteiger partial charge in [-0.2, -0.15) is 0 Å². The van der Waals surface area contributed by atoms with E-state index in [0.29, 0.717) is 9.77 Å². The van der Waals surface area contributed by atoms with Crippen molar-refractivity contribution in [3.63, 3.8) is 0 Å². The van der Waals surface area contributed by atoms with Crippen LogP contribution in [0.4, 0.5) is 0 Å². The molecule has 2 aromatic rings. The van der Waals surface area contributed by atoms with Gasteiger partial charge in [-0.3, -0.25) is 9.00 Å². The van der Waals surface area contributed by atoms with Crippen molar-refractivity contribution >= 4 is 59.8 Å². The van der Waals surface area contributed by atoms with E-state index < -0.39 is 10.8 Å². The van der Waals surface area contributed by atoms with Gasteiger partial charge in [-0.05, 0) is 45.6 Å². The number of hydrogen-bond acceptors (Lipinski definition) is 3. The number of carbonyl (C=O) groups is 1. The first-order chi connectivity index (χ1) is 8.58. The number of rotatable bonds is 4. The minimum atomic E-state index is -1.31. The molecule has 18 heavy (non-hydrogen) atoms. The molecule has 0 radical (unpaired) electrons. The van der Waals surface area contributed by atoms with Gasteiger partial charge in [0.2, 0.25) is 0 Å². The molecule has 0 aliphatic carbocycles. The van der Waals surface area contributed by atoms with E-state index in [2.05, 4.69) is 31.9 Å². The molecule has 0 spiro atoms. The highest BCUT2D eigenvalue weighted by atomic mass is 79.9. The van der Waals surface area contributed by atoms with Crippen molar-refractivity contribution in [3.8, 4) is 0 Å². The van der Waals surface area contributed by atoms with Crippen LogP contribution in [-0.2, 0) is 10.8 Å². The second-order valence-electron chi connectivity index (χ2n) is 3.47. The largest absolute Gasteiger partial charge is 0.292 e. The Bertz CT molecular complexity index is 608. The van der Waals surface area contributed by atoms with E-state index in [4.69, 9.17) is 0 Å². The average molecular weight is 408 g/mol. The molecule has 2 nitrogen and oxygen atoms in total. The van der Waals surface area contributed by atoms with Gasteiger partial charge >= 0.3 is 0 Å². The number of ketones is 1. The zero-order valence-electron chi connectivity index (χ0n) is 9.06. The third kappa shape index (κ3) is 3.38. The summed E-state index contributed by atoms with van der Waals surface area (Å²) in [6.07, 6.45) is 0. The zero-order valence-corrected chi connectivity index (χ0v) is 13.9. The molecular weight excluding hydrogens is 400 g/mol. The monoisotopic (exact) mass is 406 g/mol. The maximum atomic E-state index is 12.1. The van der Waals surface area contributed by atoms with Gasteiger partial charge in [0, 0.05) is 13.8 Å². The SMILES string of the molecule is O=C(CS(=O)c1cccc(Br)c1)c1sccc1Br. The van der Waals surface area contributed by atoms with Gasteiger partial charge in [-0.1, -0.05) is 22.0 Å². The van der Waals surface area contributed by atoms with E-state index in [1.807, 2.05) is 23.6 Å². The first-order valence-electron chi connectivity index (χ1n) is 4.98. The molecule has 0 saturated carbocycles. The summed E-state index contributed by atoms with van der Waals surface area (Å²) in [6, 6.07) is 9.02. The molecule has 0 aliphatic heterocycles. The minimum Gasteiger partial charge on any atom is -0.292 e. The smallest absolute Gasteiger partial charge is 0.186 e. The predicted molar refractivity (Wildman–Crippen MR) is 81.8 cm³/mol. The van der Waals surface area contributed by atoms with E-state index >= 15 is 0 Å². The topological polar surface area (TPSA) is 34.1 Å². The van der Waals surface area contributed by atoms with Crippen LogP contribution in [-0.4, -0.2) is 15.7 Å². The number of hydrogen-bond donors (Lipinski definition) is 0. The highest BCUT2D eigenvalue weighted by Crippen LogP contribution is 2.24. The Morgan fingerprint density at radius 2 is 2.06 bits per heavy atom. The van der Waals surface area contributed by atoms with Crippen LogP contribution >= 0.6 is 43.2 Å². The van der Waals surface area contributed by atoms with Crippen molar-refractivity contribution in [1.82, 2.24) is 0 Å². The van der Waals surface area contributed by atoms with Crippen LogP contribution in [0.15, 0.2) is 49.6 Å². The van der Waals surface area contributed by atoms with Crippen LogP contribution in [0.1, 0.15) is 9.67 Å². The predicted octanol–water partition coefficient (Wildman–Crippen LogP) is 4.26. The molecule has 6 heteroatoms. The number of halogens is 2. The molecule has 1 aromatic carbocycles. The second-order valence-corrected chi connectivity index (χ2v) is 7.61. The standard InChI is InChI=1S/C12H8Br2O2S2/c13-8-2-1-3-9(6-8)18(16)7-11(15)12-10(14)4-5-17-12/h1-6H,7H2. The molecule has 0 amide bonds. The summed E-state index contributed by atoms with van der Waals surface area (Å²) in [4.78, 5) is 13.3. The molecule has 1 unspecified atom stereocenters. The van der Waals surface area contributed by atoms with Crippen LogP contribution < -0.4 is 0 Å². The summed E-state index contributed by atoms with van der Waals surface area (Å²) < 4.78 is 13.7. The molecule has 0 N–H and O–H groups in total. The Balaban J connectivity index is 2.13. The third-order valence-corrected chi connectivity index (χ3v) is 5.87. The second kappa shape index (κ2) is 6.23. The van der Waals surface area contributed by atoms with Crippen LogP contribution in [0.2, 0.25) is 0 Å². The molecule has 0 saturated heterocycles. The van der Waals surface area contributed by atoms with Crippen LogP contribution in [0.5, 0.6) is 0 Å². The number of Topliss-reactive ketones (excluding diaryl/α,β-unsaturated/α-hetero) is 1. The quantitative estimate of drug-likeness (QED) is 0.709. The summed E-state index contributed by atoms with van der Waals surface area (Å²) in [6.45, 7) is 0. The Labute approximate surface area is 128 Å². The van der Waals surface area contributed by atoms with E-state index in [0.717, 1.165) is 8.95 Å². The van der Waals surface area contributed by atoms with Gasteiger partial charge in [-0.25, -0.2) is 0 Å². The maximum absolute atomic E-state index is 12.1. The Hall–Kier alpha value is -0.300. The number of benzene rings is 1. The van der Waals surface area contributed by atoms with Crippen molar-refractivity contribution in [3.05, 3.63) is 49.5 Å². The molecule has 1 atom stereocenters. The molecule has 0 aliphatic rings. The van der Waals surface area contributed by atoms with E-state index in [-0.39, 0.29) is 11.5 Å². The van der Waals surface area contributed by atoms with Crippen LogP contribution in [0.25, 0.3) is 0 Å². The summed E-state index contributed by atoms with van der Waals surface area (Å²) in [5, 5.41) is 1.83. The fourth-order valence-corrected chi connectivity index (χ4v) is 4.58. The van der Waals surface area contributed by atoms with Crippen molar-refractivity contribution in [2.45, 2.75) is 4.90 Å². The first-order valence-corrected chi connectivity index (χ1v) is 8.76. The molecular formula is C12H8Br2O2S2. The van der Waals surface area contributed by atoms with Gasteiger partial charge in [0.15, 0.2) is 5.78 Å². The zero-order chi connectivity index (χ0) is 13.1. The van der Waals surface area contributed by atoms with Crippen molar-refractivity contribution in [2.75, 3.05) is 5.75 Å². The summed E-state index contributed by atoms with van der Waals surface area (Å²) >= 11 is 7.99. The van der Waals surface area contributed by atoms with E-state index in [1.54, 1.807) is 12.1 Å². The highest BCUT2D eigenvalue weighted by Gasteiger charge is 2.16. The van der Waals surface area contributed by atoms with E-state index in [9.17, 15) is 9.00 Å². The molecule has 94 valence electrons. The van der Waals surface area contributed by atoms with Crippen molar-refractivity contribution in [1.29, 1.82) is 0 Å². The van der Waals surface area contributed by atoms with Gasteiger partial charge < -0.3 is 0 Å². The molecule has 2 rings (SSSR count). The van der Waals surface area contributed by atoms with Gasteiger partial charge in [-0.15, -0.1) is 11.3 Å². The van der Waals surface area contributed by atoms with Crippen LogP contribution in [0, 0.1) is 0 Å². The fourth-order valence-electron chi connectivity index (χ4n) is 1.37. The lowest BCUT2D eigenvalue weighted by atomic mass is 10.3. The normalized spacial score (nSPS) is 12.3.